The fourth-order valence-corrected chi connectivity index (χ4v) is 4.94. The van der Waals surface area contributed by atoms with Gasteiger partial charge in [-0.1, -0.05) is 77.1 Å². The average molecular weight is 496 g/mol. The Morgan fingerprint density at radius 1 is 1.16 bits per heavy atom. The molecular weight excluding hydrogens is 474 g/mol. The highest BCUT2D eigenvalue weighted by atomic mass is 79.9. The van der Waals surface area contributed by atoms with Crippen LogP contribution in [0.1, 0.15) is 24.5 Å². The predicted molar refractivity (Wildman–Crippen MR) is 132 cm³/mol. The highest BCUT2D eigenvalue weighted by Crippen LogP contribution is 2.32. The highest BCUT2D eigenvalue weighted by Gasteiger charge is 2.37. The van der Waals surface area contributed by atoms with Gasteiger partial charge in [-0.25, -0.2) is 0 Å². The molecule has 158 valence electrons. The molecule has 5 nitrogen and oxygen atoms in total. The van der Waals surface area contributed by atoms with Crippen molar-refractivity contribution in [3.63, 3.8) is 0 Å². The number of hydrogen-bond acceptors (Lipinski definition) is 5. The topological polar surface area (TPSA) is 54.3 Å². The van der Waals surface area contributed by atoms with Crippen LogP contribution >= 0.6 is 27.7 Å². The summed E-state index contributed by atoms with van der Waals surface area (Å²) in [5.41, 5.74) is 1.90. The van der Waals surface area contributed by atoms with E-state index in [1.54, 1.807) is 18.2 Å². The molecule has 3 aromatic rings. The molecule has 0 aromatic heterocycles. The van der Waals surface area contributed by atoms with Crippen LogP contribution in [-0.4, -0.2) is 34.5 Å². The van der Waals surface area contributed by atoms with Crippen LogP contribution in [0.15, 0.2) is 75.3 Å². The molecule has 3 aromatic carbocycles. The van der Waals surface area contributed by atoms with Gasteiger partial charge in [0, 0.05) is 10.0 Å². The van der Waals surface area contributed by atoms with Crippen molar-refractivity contribution in [1.82, 2.24) is 4.90 Å². The minimum atomic E-state index is -0.135. The third kappa shape index (κ3) is 4.67. The summed E-state index contributed by atoms with van der Waals surface area (Å²) >= 11 is 4.94. The summed E-state index contributed by atoms with van der Waals surface area (Å²) in [7, 11) is 1.62. The van der Waals surface area contributed by atoms with Gasteiger partial charge in [-0.3, -0.25) is 9.69 Å². The van der Waals surface area contributed by atoms with E-state index < -0.39 is 0 Å². The van der Waals surface area contributed by atoms with E-state index in [0.717, 1.165) is 32.8 Å². The van der Waals surface area contributed by atoms with Crippen molar-refractivity contribution in [2.24, 2.45) is 10.2 Å². The molecule has 31 heavy (non-hydrogen) atoms. The minimum Gasteiger partial charge on any atom is -0.496 e. The lowest BCUT2D eigenvalue weighted by molar-refractivity contribution is -0.126. The van der Waals surface area contributed by atoms with Gasteiger partial charge in [-0.2, -0.15) is 5.10 Å². The van der Waals surface area contributed by atoms with Gasteiger partial charge in [0.15, 0.2) is 5.17 Å². The Morgan fingerprint density at radius 2 is 1.97 bits per heavy atom. The van der Waals surface area contributed by atoms with Crippen LogP contribution in [0.25, 0.3) is 10.8 Å². The molecule has 0 saturated carbocycles. The third-order valence-corrected chi connectivity index (χ3v) is 6.96. The zero-order chi connectivity index (χ0) is 21.8. The van der Waals surface area contributed by atoms with Gasteiger partial charge in [0.1, 0.15) is 5.75 Å². The van der Waals surface area contributed by atoms with E-state index in [0.29, 0.717) is 17.5 Å². The summed E-state index contributed by atoms with van der Waals surface area (Å²) in [6.07, 6.45) is 2.40. The summed E-state index contributed by atoms with van der Waals surface area (Å²) in [6.45, 7) is 2.49. The van der Waals surface area contributed by atoms with Crippen LogP contribution in [-0.2, 0) is 11.3 Å². The van der Waals surface area contributed by atoms with Crippen molar-refractivity contribution < 1.29 is 9.53 Å². The molecule has 1 aliphatic rings. The maximum absolute atomic E-state index is 13.0. The SMILES string of the molecule is CCC1S/C(=N\N=C\c2cc(Br)ccc2OC)N(Cc2cccc3ccccc23)C1=O. The van der Waals surface area contributed by atoms with Crippen molar-refractivity contribution in [3.8, 4) is 5.75 Å². The zero-order valence-corrected chi connectivity index (χ0v) is 19.7. The number of carbonyl (C=O) groups excluding carboxylic acids is 1. The third-order valence-electron chi connectivity index (χ3n) is 5.13. The molecule has 7 heteroatoms. The van der Waals surface area contributed by atoms with Crippen molar-refractivity contribution >= 4 is 55.8 Å². The molecule has 0 aliphatic carbocycles. The lowest BCUT2D eigenvalue weighted by atomic mass is 10.0. The number of amidine groups is 1. The van der Waals surface area contributed by atoms with Crippen molar-refractivity contribution in [2.45, 2.75) is 25.1 Å². The van der Waals surface area contributed by atoms with Crippen LogP contribution in [0.5, 0.6) is 5.75 Å². The van der Waals surface area contributed by atoms with E-state index in [1.807, 2.05) is 43.3 Å². The number of rotatable bonds is 6. The number of nitrogens with zero attached hydrogens (tertiary/aromatic N) is 3. The predicted octanol–water partition coefficient (Wildman–Crippen LogP) is 5.86. The van der Waals surface area contributed by atoms with Crippen molar-refractivity contribution in [3.05, 3.63) is 76.3 Å². The fourth-order valence-electron chi connectivity index (χ4n) is 3.54. The zero-order valence-electron chi connectivity index (χ0n) is 17.3. The molecule has 1 saturated heterocycles. The Balaban J connectivity index is 1.64. The van der Waals surface area contributed by atoms with Gasteiger partial charge in [-0.05, 0) is 41.0 Å². The van der Waals surface area contributed by atoms with Crippen molar-refractivity contribution in [1.29, 1.82) is 0 Å². The minimum absolute atomic E-state index is 0.0782. The largest absolute Gasteiger partial charge is 0.496 e. The van der Waals surface area contributed by atoms with Gasteiger partial charge in [0.2, 0.25) is 5.91 Å². The normalized spacial score (nSPS) is 17.9. The highest BCUT2D eigenvalue weighted by molar-refractivity contribution is 9.10. The number of benzene rings is 3. The second-order valence-electron chi connectivity index (χ2n) is 7.09. The Labute approximate surface area is 194 Å². The number of fused-ring (bicyclic) bond motifs is 1. The monoisotopic (exact) mass is 495 g/mol. The molecule has 1 amide bonds. The number of amides is 1. The number of ether oxygens (including phenoxy) is 1. The quantitative estimate of drug-likeness (QED) is 0.318. The first kappa shape index (κ1) is 21.6. The molecule has 0 bridgehead atoms. The van der Waals surface area contributed by atoms with Crippen LogP contribution < -0.4 is 4.74 Å². The standard InChI is InChI=1S/C24H22BrN3O2S/c1-3-22-23(29)28(15-17-9-6-8-16-7-4-5-10-20(16)17)24(31-22)27-26-14-18-13-19(25)11-12-21(18)30-2/h4-14,22H,3,15H2,1-2H3/b26-14+,27-24-. The van der Waals surface area contributed by atoms with Crippen LogP contribution in [0.4, 0.5) is 0 Å². The first-order valence-corrected chi connectivity index (χ1v) is 11.7. The molecule has 0 N–H and O–H groups in total. The van der Waals surface area contributed by atoms with Crippen LogP contribution in [0.3, 0.4) is 0 Å². The molecule has 4 rings (SSSR count). The summed E-state index contributed by atoms with van der Waals surface area (Å²) < 4.78 is 6.31. The van der Waals surface area contributed by atoms with Gasteiger partial charge in [0.25, 0.3) is 0 Å². The Hall–Kier alpha value is -2.64. The maximum Gasteiger partial charge on any atom is 0.242 e. The second-order valence-corrected chi connectivity index (χ2v) is 9.18. The smallest absolute Gasteiger partial charge is 0.242 e. The molecule has 0 radical (unpaired) electrons. The first-order valence-electron chi connectivity index (χ1n) is 10.00. The van der Waals surface area contributed by atoms with Gasteiger partial charge in [0.05, 0.1) is 25.1 Å². The lowest BCUT2D eigenvalue weighted by Gasteiger charge is -2.17. The number of carbonyl (C=O) groups is 1. The summed E-state index contributed by atoms with van der Waals surface area (Å²) in [4.78, 5) is 14.8. The number of halogens is 1. The summed E-state index contributed by atoms with van der Waals surface area (Å²) in [6, 6.07) is 20.1. The molecule has 1 aliphatic heterocycles. The average Bonchev–Trinajstić information content (AvgIpc) is 3.09. The van der Waals surface area contributed by atoms with Gasteiger partial charge in [-0.15, -0.1) is 5.10 Å². The van der Waals surface area contributed by atoms with E-state index in [9.17, 15) is 4.79 Å². The second kappa shape index (κ2) is 9.66. The first-order chi connectivity index (χ1) is 15.1. The Morgan fingerprint density at radius 3 is 2.77 bits per heavy atom. The van der Waals surface area contributed by atoms with E-state index in [-0.39, 0.29) is 11.2 Å². The van der Waals surface area contributed by atoms with Crippen LogP contribution in [0, 0.1) is 0 Å². The van der Waals surface area contributed by atoms with E-state index in [1.165, 1.54) is 11.8 Å². The van der Waals surface area contributed by atoms with E-state index in [2.05, 4.69) is 50.4 Å². The van der Waals surface area contributed by atoms with E-state index >= 15 is 0 Å². The molecule has 1 heterocycles. The molecule has 1 unspecified atom stereocenters. The maximum atomic E-state index is 13.0. The van der Waals surface area contributed by atoms with Crippen molar-refractivity contribution in [2.75, 3.05) is 7.11 Å². The number of methoxy groups -OCH3 is 1. The van der Waals surface area contributed by atoms with E-state index in [4.69, 9.17) is 4.74 Å². The molecule has 1 atom stereocenters. The van der Waals surface area contributed by atoms with Gasteiger partial charge < -0.3 is 4.74 Å². The lowest BCUT2D eigenvalue weighted by Crippen LogP contribution is -2.31. The Bertz CT molecular complexity index is 1170. The summed E-state index contributed by atoms with van der Waals surface area (Å²) in [5, 5.41) is 11.5. The summed E-state index contributed by atoms with van der Waals surface area (Å²) in [5.74, 6) is 0.788. The molecule has 0 spiro atoms. The fraction of sp³-hybridized carbons (Fsp3) is 0.208. The molecule has 1 fully saturated rings. The van der Waals surface area contributed by atoms with Crippen LogP contribution in [0.2, 0.25) is 0 Å². The number of hydrogen-bond donors (Lipinski definition) is 0. The van der Waals surface area contributed by atoms with Gasteiger partial charge >= 0.3 is 0 Å². The number of thioether (sulfide) groups is 1. The molecular formula is C24H22BrN3O2S. The Kier molecular flexibility index (Phi) is 6.73.